The van der Waals surface area contributed by atoms with Gasteiger partial charge in [0.15, 0.2) is 0 Å². The fourth-order valence-electron chi connectivity index (χ4n) is 11.3. The Morgan fingerprint density at radius 2 is 1.08 bits per heavy atom. The van der Waals surface area contributed by atoms with Crippen LogP contribution in [-0.4, -0.2) is 16.2 Å². The average Bonchev–Trinajstić information content (AvgIpc) is 2.73. The minimum absolute atomic E-state index is 0.0600. The number of ether oxygens (including phenoxy) is 1. The maximum Gasteiger partial charge on any atom is 0.138 e. The van der Waals surface area contributed by atoms with Gasteiger partial charge in [0, 0.05) is 45.3 Å². The molecule has 0 N–H and O–H groups in total. The summed E-state index contributed by atoms with van der Waals surface area (Å²) in [7, 11) is 0. The first kappa shape index (κ1) is 42.5. The molecule has 5 heteroatoms. The smallest absolute Gasteiger partial charge is 0.138 e. The molecule has 0 saturated carbocycles. The Balaban J connectivity index is 1.11. The molecule has 11 aromatic rings. The lowest BCUT2D eigenvalue weighted by Gasteiger charge is -2.29. The van der Waals surface area contributed by atoms with Crippen LogP contribution in [0.15, 0.2) is 212 Å². The first-order valence-corrected chi connectivity index (χ1v) is 26.7. The fraction of sp³-hybridized carbons (Fsp3) is 0.181. The number of rotatable bonds is 2. The monoisotopic (exact) mass is 1010 g/mol. The lowest BCUT2D eigenvalue weighted by Crippen LogP contribution is -2.25. The number of pyridine rings is 1. The summed E-state index contributed by atoms with van der Waals surface area (Å²) in [5, 5.41) is 1.73. The van der Waals surface area contributed by atoms with Crippen molar-refractivity contribution in [3.63, 3.8) is 0 Å². The first-order chi connectivity index (χ1) is 39.1. The number of hydrogen-bond acceptors (Lipinski definition) is 4. The van der Waals surface area contributed by atoms with Gasteiger partial charge in [-0.15, -0.1) is 0 Å². The van der Waals surface area contributed by atoms with Gasteiger partial charge in [0.25, 0.3) is 0 Å². The first-order valence-electron chi connectivity index (χ1n) is 29.2. The van der Waals surface area contributed by atoms with Gasteiger partial charge in [-0.25, -0.2) is 4.98 Å². The van der Waals surface area contributed by atoms with Crippen molar-refractivity contribution in [1.82, 2.24) is 9.55 Å². The summed E-state index contributed by atoms with van der Waals surface area (Å²) in [6.07, 6.45) is 0. The van der Waals surface area contributed by atoms with Crippen molar-refractivity contribution >= 4 is 44.6 Å². The van der Waals surface area contributed by atoms with E-state index in [2.05, 4.69) is 234 Å². The predicted molar refractivity (Wildman–Crippen MR) is 324 cm³/mol. The molecular weight excluding hydrogens is 937 g/mol. The largest absolute Gasteiger partial charge is 0.457 e. The van der Waals surface area contributed by atoms with Crippen LogP contribution in [0, 0.1) is 0 Å². The van der Waals surface area contributed by atoms with E-state index < -0.39 is 6.04 Å². The van der Waals surface area contributed by atoms with Gasteiger partial charge < -0.3 is 14.5 Å². The van der Waals surface area contributed by atoms with Crippen LogP contribution < -0.4 is 14.5 Å². The van der Waals surface area contributed by atoms with Crippen LogP contribution in [0.5, 0.6) is 11.5 Å². The molecule has 0 unspecified atom stereocenters. The number of hydrogen-bond donors (Lipinski definition) is 0. The van der Waals surface area contributed by atoms with Gasteiger partial charge in [-0.05, 0) is 133 Å². The Morgan fingerprint density at radius 3 is 1.84 bits per heavy atom. The van der Waals surface area contributed by atoms with E-state index in [0.29, 0.717) is 29.5 Å². The van der Waals surface area contributed by atoms with Crippen LogP contribution in [0.2, 0.25) is 0 Å². The van der Waals surface area contributed by atoms with E-state index in [1.807, 2.05) is 24.3 Å². The van der Waals surface area contributed by atoms with E-state index in [4.69, 9.17) is 16.6 Å². The van der Waals surface area contributed by atoms with Crippen molar-refractivity contribution in [2.45, 2.75) is 78.6 Å². The molecule has 0 spiro atoms. The van der Waals surface area contributed by atoms with Gasteiger partial charge in [-0.3, -0.25) is 4.57 Å². The molecule has 77 heavy (non-hydrogen) atoms. The molecule has 10 bridgehead atoms. The highest BCUT2D eigenvalue weighted by atomic mass is 16.5. The number of anilines is 4. The normalized spacial score (nSPS) is 14.2. The second kappa shape index (κ2) is 18.0. The summed E-state index contributed by atoms with van der Waals surface area (Å²) in [6, 6.07) is 63.4. The Morgan fingerprint density at radius 1 is 0.429 bits per heavy atom. The summed E-state index contributed by atoms with van der Waals surface area (Å²) in [5.41, 5.74) is 18.0. The van der Waals surface area contributed by atoms with Crippen LogP contribution in [0.1, 0.15) is 85.9 Å². The second-order valence-corrected chi connectivity index (χ2v) is 23.8. The zero-order valence-electron chi connectivity index (χ0n) is 50.2. The molecule has 0 amide bonds. The number of para-hydroxylation sites is 3. The third-order valence-corrected chi connectivity index (χ3v) is 15.5. The van der Waals surface area contributed by atoms with Crippen LogP contribution in [0.25, 0.3) is 83.4 Å². The SMILES string of the molecule is [2H]c1c([2H])c([2H])c(-c2ccc3c(c2)c2ccc4cc2n3-c2cc(C(C)(C)C)cc(n2)-c2cccc(c2)-c2ccccc2-c2cccc(-c3cccc(C(C)(C)C)c3)c2N2CN(c3cc(cc(C(C)(C)C)c3)O4)c3ccccc32)c([2H])c1[2H]. The average molecular weight is 1010 g/mol. The highest BCUT2D eigenvalue weighted by Gasteiger charge is 2.33. The summed E-state index contributed by atoms with van der Waals surface area (Å²) >= 11 is 0. The molecule has 2 aliphatic rings. The molecule has 0 saturated heterocycles. The van der Waals surface area contributed by atoms with Gasteiger partial charge in [-0.2, -0.15) is 0 Å². The van der Waals surface area contributed by atoms with Crippen molar-refractivity contribution in [3.05, 3.63) is 229 Å². The Kier molecular flexibility index (Phi) is 9.94. The topological polar surface area (TPSA) is 33.5 Å². The molecule has 13 rings (SSSR count). The lowest BCUT2D eigenvalue weighted by molar-refractivity contribution is 0.479. The summed E-state index contributed by atoms with van der Waals surface area (Å²) in [5.74, 6) is 2.03. The highest BCUT2D eigenvalue weighted by Crippen LogP contribution is 2.52. The van der Waals surface area contributed by atoms with Gasteiger partial charge in [0.2, 0.25) is 0 Å². The van der Waals surface area contributed by atoms with Crippen LogP contribution in [0.4, 0.5) is 22.7 Å². The van der Waals surface area contributed by atoms with E-state index in [1.54, 1.807) is 0 Å². The molecular formula is C72H64N4O. The minimum Gasteiger partial charge on any atom is -0.457 e. The maximum atomic E-state index is 8.95. The van der Waals surface area contributed by atoms with E-state index in [0.717, 1.165) is 100 Å². The predicted octanol–water partition coefficient (Wildman–Crippen LogP) is 19.8. The van der Waals surface area contributed by atoms with Crippen LogP contribution >= 0.6 is 0 Å². The van der Waals surface area contributed by atoms with Crippen molar-refractivity contribution < 1.29 is 11.6 Å². The zero-order valence-corrected chi connectivity index (χ0v) is 45.2. The van der Waals surface area contributed by atoms with Crippen molar-refractivity contribution in [3.8, 4) is 73.1 Å². The van der Waals surface area contributed by atoms with Gasteiger partial charge in [0.1, 0.15) is 24.0 Å². The zero-order chi connectivity index (χ0) is 57.3. The highest BCUT2D eigenvalue weighted by molar-refractivity contribution is 6.11. The molecule has 0 atom stereocenters. The third-order valence-electron chi connectivity index (χ3n) is 15.5. The minimum atomic E-state index is -0.424. The molecule has 0 fully saturated rings. The fourth-order valence-corrected chi connectivity index (χ4v) is 11.3. The molecule has 2 aliphatic heterocycles. The Bertz CT molecular complexity index is 4410. The molecule has 4 heterocycles. The number of benzene rings is 9. The van der Waals surface area contributed by atoms with Crippen LogP contribution in [0.3, 0.4) is 0 Å². The van der Waals surface area contributed by atoms with E-state index >= 15 is 0 Å². The summed E-state index contributed by atoms with van der Waals surface area (Å²) in [4.78, 5) is 10.5. The number of fused-ring (bicyclic) bond motifs is 23. The lowest BCUT2D eigenvalue weighted by atomic mass is 9.84. The van der Waals surface area contributed by atoms with Gasteiger partial charge in [-0.1, -0.05) is 196 Å². The Hall–Kier alpha value is -8.67. The van der Waals surface area contributed by atoms with E-state index in [1.165, 1.54) is 5.56 Å². The van der Waals surface area contributed by atoms with Gasteiger partial charge >= 0.3 is 0 Å². The third kappa shape index (κ3) is 8.55. The summed E-state index contributed by atoms with van der Waals surface area (Å²) in [6.45, 7) is 20.7. The van der Waals surface area contributed by atoms with E-state index in [-0.39, 0.29) is 46.0 Å². The quantitative estimate of drug-likeness (QED) is 0.173. The van der Waals surface area contributed by atoms with Gasteiger partial charge in [0.05, 0.1) is 40.6 Å². The molecule has 9 aromatic carbocycles. The molecule has 378 valence electrons. The molecule has 0 aliphatic carbocycles. The number of aromatic nitrogens is 2. The summed E-state index contributed by atoms with van der Waals surface area (Å²) < 4.78 is 52.7. The molecule has 2 aromatic heterocycles. The van der Waals surface area contributed by atoms with E-state index in [9.17, 15) is 0 Å². The van der Waals surface area contributed by atoms with Crippen LogP contribution in [-0.2, 0) is 16.2 Å². The van der Waals surface area contributed by atoms with Crippen molar-refractivity contribution in [1.29, 1.82) is 0 Å². The standard InChI is InChI=1S/C72H64N4O/c1-70(2,3)51-25-18-23-49(37-51)58-28-19-29-61-59-27-14-13-26-57(59)48-22-17-24-50(36-48)63-41-53(72(7,8)9)42-68(73-63)76-64-35-32-47(46-20-11-10-12-21-46)38-62(64)60-34-33-55(44-67(60)76)77-56-40-52(71(4,5)6)39-54(43-56)74-45-75(69(58)61)66-31-16-15-30-65(66)74/h10-44H,45H2,1-9H3/i10D,11D,12D,20D,21D. The number of nitrogens with zero attached hydrogens (tertiary/aromatic N) is 4. The second-order valence-electron chi connectivity index (χ2n) is 23.8. The maximum absolute atomic E-state index is 8.95. The Labute approximate surface area is 460 Å². The molecule has 5 nitrogen and oxygen atoms in total. The van der Waals surface area contributed by atoms with Crippen molar-refractivity contribution in [2.24, 2.45) is 0 Å². The van der Waals surface area contributed by atoms with Crippen molar-refractivity contribution in [2.75, 3.05) is 16.5 Å². The molecule has 0 radical (unpaired) electrons.